The van der Waals surface area contributed by atoms with Crippen molar-refractivity contribution in [1.82, 2.24) is 19.2 Å². The monoisotopic (exact) mass is 603 g/mol. The van der Waals surface area contributed by atoms with Crippen LogP contribution in [0.5, 0.6) is 5.75 Å². The van der Waals surface area contributed by atoms with Crippen molar-refractivity contribution in [2.75, 3.05) is 44.2 Å². The number of hydrogen-bond acceptors (Lipinski definition) is 8. The zero-order valence-electron chi connectivity index (χ0n) is 23.6. The van der Waals surface area contributed by atoms with Crippen LogP contribution >= 0.6 is 11.6 Å². The molecule has 0 saturated carbocycles. The van der Waals surface area contributed by atoms with Crippen LogP contribution in [-0.4, -0.2) is 91.9 Å². The number of carboxylic acid groups (broad SMARTS) is 2. The van der Waals surface area contributed by atoms with Gasteiger partial charge in [0.25, 0.3) is 0 Å². The highest BCUT2D eigenvalue weighted by Crippen LogP contribution is 2.20. The number of aliphatic hydroxyl groups is 1. The highest BCUT2D eigenvalue weighted by atomic mass is 35.5. The number of aliphatic hydroxyl groups excluding tert-OH is 1. The first-order valence-electron chi connectivity index (χ1n) is 13.9. The fourth-order valence-corrected chi connectivity index (χ4v) is 4.67. The first kappa shape index (κ1) is 32.6. The number of carboxylic acids is 2. The normalized spacial score (nSPS) is 14.1. The zero-order chi connectivity index (χ0) is 30.5. The van der Waals surface area contributed by atoms with E-state index in [0.29, 0.717) is 19.7 Å². The van der Waals surface area contributed by atoms with E-state index >= 15 is 0 Å². The minimum absolute atomic E-state index is 0.0470. The first-order chi connectivity index (χ1) is 20.2. The highest BCUT2D eigenvalue weighted by Gasteiger charge is 2.18. The van der Waals surface area contributed by atoms with Gasteiger partial charge in [0.15, 0.2) is 6.10 Å². The molecule has 0 bridgehead atoms. The fraction of sp³-hybridized carbons (Fsp3) is 0.448. The predicted molar refractivity (Wildman–Crippen MR) is 158 cm³/mol. The topological polar surface area (TPSA) is 150 Å². The molecular weight excluding hydrogens is 566 g/mol. The van der Waals surface area contributed by atoms with Crippen molar-refractivity contribution in [3.8, 4) is 5.75 Å². The zero-order valence-corrected chi connectivity index (χ0v) is 24.4. The van der Waals surface area contributed by atoms with Crippen molar-refractivity contribution in [3.05, 3.63) is 75.9 Å². The Bertz CT molecular complexity index is 1340. The van der Waals surface area contributed by atoms with Crippen molar-refractivity contribution in [1.29, 1.82) is 0 Å². The van der Waals surface area contributed by atoms with Gasteiger partial charge in [0.05, 0.1) is 13.0 Å². The van der Waals surface area contributed by atoms with Crippen molar-refractivity contribution in [2.45, 2.75) is 45.4 Å². The number of carbonyl (C=O) groups is 2. The van der Waals surface area contributed by atoms with Crippen LogP contribution in [-0.2, 0) is 29.1 Å². The number of rotatable bonds is 13. The van der Waals surface area contributed by atoms with E-state index in [4.69, 9.17) is 31.7 Å². The van der Waals surface area contributed by atoms with Crippen molar-refractivity contribution in [3.63, 3.8) is 0 Å². The van der Waals surface area contributed by atoms with Crippen LogP contribution in [0.25, 0.3) is 0 Å². The van der Waals surface area contributed by atoms with Crippen LogP contribution in [0.4, 0.5) is 5.69 Å². The summed E-state index contributed by atoms with van der Waals surface area (Å²) in [7, 11) is 0. The summed E-state index contributed by atoms with van der Waals surface area (Å²) >= 11 is 6.13. The number of ether oxygens (including phenoxy) is 1. The van der Waals surface area contributed by atoms with E-state index in [9.17, 15) is 14.4 Å². The minimum Gasteiger partial charge on any atom is -0.492 e. The maximum Gasteiger partial charge on any atom is 0.346 e. The van der Waals surface area contributed by atoms with E-state index in [1.807, 2.05) is 55.5 Å². The van der Waals surface area contributed by atoms with Gasteiger partial charge in [-0.1, -0.05) is 42.8 Å². The van der Waals surface area contributed by atoms with Gasteiger partial charge < -0.3 is 25.0 Å². The van der Waals surface area contributed by atoms with Gasteiger partial charge in [0, 0.05) is 56.4 Å². The molecule has 3 aromatic rings. The molecule has 1 fully saturated rings. The summed E-state index contributed by atoms with van der Waals surface area (Å²) in [5.41, 5.74) is 1.14. The lowest BCUT2D eigenvalue weighted by atomic mass is 10.2. The Balaban J connectivity index is 0.000000467. The van der Waals surface area contributed by atoms with Crippen LogP contribution in [0.1, 0.15) is 25.6 Å². The molecule has 1 aliphatic rings. The number of aliphatic carboxylic acids is 2. The molecule has 13 heteroatoms. The van der Waals surface area contributed by atoms with Gasteiger partial charge in [0.2, 0.25) is 0 Å². The van der Waals surface area contributed by atoms with Crippen LogP contribution in [0.3, 0.4) is 0 Å². The van der Waals surface area contributed by atoms with E-state index < -0.39 is 24.5 Å². The molecule has 42 heavy (non-hydrogen) atoms. The molecule has 1 aromatic heterocycles. The Hall–Kier alpha value is -3.87. The third kappa shape index (κ3) is 10.2. The van der Waals surface area contributed by atoms with Gasteiger partial charge in [0.1, 0.15) is 18.2 Å². The summed E-state index contributed by atoms with van der Waals surface area (Å²) in [4.78, 5) is 37.1. The number of hydrogen-bond donors (Lipinski definition) is 3. The van der Waals surface area contributed by atoms with E-state index in [1.165, 1.54) is 5.69 Å². The maximum absolute atomic E-state index is 12.9. The van der Waals surface area contributed by atoms with Crippen LogP contribution in [0.2, 0.25) is 5.02 Å². The van der Waals surface area contributed by atoms with Gasteiger partial charge in [-0.3, -0.25) is 14.3 Å². The standard InChI is InChI=1S/C25H32ClN5O2.C4H6O5/c1-2-24-27-31(25(32)30(24)18-19-33-23-10-4-3-5-11-23)13-7-12-28-14-16-29(17-15-28)22-9-6-8-21(26)20-22;5-2(4(8)9)1-3(6)7/h3-6,8-11,20H,2,7,12-19H2,1H3;2,5H,1H2,(H,6,7)(H,8,9)/t;2-/m.0/s1. The Morgan fingerprint density at radius 1 is 1.00 bits per heavy atom. The third-order valence-corrected chi connectivity index (χ3v) is 6.92. The molecular formula is C29H38ClN5O7. The number of aromatic nitrogens is 3. The maximum atomic E-state index is 12.9. The molecule has 228 valence electrons. The molecule has 0 aliphatic carbocycles. The summed E-state index contributed by atoms with van der Waals surface area (Å²) in [6, 6.07) is 17.7. The largest absolute Gasteiger partial charge is 0.492 e. The van der Waals surface area contributed by atoms with Gasteiger partial charge in [-0.05, 0) is 36.8 Å². The quantitative estimate of drug-likeness (QED) is 0.266. The Labute approximate surface area is 249 Å². The second-order valence-corrected chi connectivity index (χ2v) is 10.1. The predicted octanol–water partition coefficient (Wildman–Crippen LogP) is 2.46. The molecule has 0 unspecified atom stereocenters. The molecule has 2 aromatic carbocycles. The molecule has 0 amide bonds. The lowest BCUT2D eigenvalue weighted by molar-refractivity contribution is -0.152. The Morgan fingerprint density at radius 2 is 1.71 bits per heavy atom. The van der Waals surface area contributed by atoms with Gasteiger partial charge in [-0.15, -0.1) is 0 Å². The van der Waals surface area contributed by atoms with E-state index in [-0.39, 0.29) is 5.69 Å². The molecule has 2 heterocycles. The number of benzene rings is 2. The number of aryl methyl sites for hydroxylation is 2. The molecule has 1 atom stereocenters. The van der Waals surface area contributed by atoms with Crippen LogP contribution in [0.15, 0.2) is 59.4 Å². The SMILES string of the molecule is CCc1nn(CCCN2CCN(c3cccc(Cl)c3)CC2)c(=O)n1CCOc1ccccc1.O=C(O)C[C@H](O)C(=O)O. The Morgan fingerprint density at radius 3 is 2.31 bits per heavy atom. The molecule has 4 rings (SSSR count). The van der Waals surface area contributed by atoms with Crippen molar-refractivity contribution in [2.24, 2.45) is 0 Å². The Kier molecular flexibility index (Phi) is 12.9. The minimum atomic E-state index is -1.79. The number of nitrogens with zero attached hydrogens (tertiary/aromatic N) is 5. The van der Waals surface area contributed by atoms with Crippen LogP contribution < -0.4 is 15.3 Å². The molecule has 1 aliphatic heterocycles. The van der Waals surface area contributed by atoms with Gasteiger partial charge >= 0.3 is 17.6 Å². The average molecular weight is 604 g/mol. The van der Waals surface area contributed by atoms with Crippen molar-refractivity contribution < 1.29 is 29.6 Å². The molecule has 0 radical (unpaired) electrons. The van der Waals surface area contributed by atoms with E-state index in [0.717, 1.165) is 62.2 Å². The second kappa shape index (κ2) is 16.5. The average Bonchev–Trinajstić information content (AvgIpc) is 3.28. The lowest BCUT2D eigenvalue weighted by Gasteiger charge is -2.36. The summed E-state index contributed by atoms with van der Waals surface area (Å²) in [6.07, 6.45) is -0.922. The summed E-state index contributed by atoms with van der Waals surface area (Å²) in [6.45, 7) is 8.54. The van der Waals surface area contributed by atoms with E-state index in [1.54, 1.807) is 9.25 Å². The lowest BCUT2D eigenvalue weighted by Crippen LogP contribution is -2.46. The fourth-order valence-electron chi connectivity index (χ4n) is 4.49. The number of halogens is 1. The van der Waals surface area contributed by atoms with Crippen LogP contribution in [0, 0.1) is 0 Å². The van der Waals surface area contributed by atoms with E-state index in [2.05, 4.69) is 21.0 Å². The first-order valence-corrected chi connectivity index (χ1v) is 14.3. The summed E-state index contributed by atoms with van der Waals surface area (Å²) in [5, 5.41) is 29.5. The number of piperazine rings is 1. The summed E-state index contributed by atoms with van der Waals surface area (Å²) < 4.78 is 9.12. The van der Waals surface area contributed by atoms with Gasteiger partial charge in [-0.2, -0.15) is 5.10 Å². The smallest absolute Gasteiger partial charge is 0.346 e. The summed E-state index contributed by atoms with van der Waals surface area (Å²) in [5.74, 6) is -1.22. The molecule has 12 nitrogen and oxygen atoms in total. The van der Waals surface area contributed by atoms with Gasteiger partial charge in [-0.25, -0.2) is 14.3 Å². The highest BCUT2D eigenvalue weighted by molar-refractivity contribution is 6.30. The molecule has 0 spiro atoms. The third-order valence-electron chi connectivity index (χ3n) is 6.69. The molecule has 3 N–H and O–H groups in total. The number of anilines is 1. The molecule has 1 saturated heterocycles. The number of para-hydroxylation sites is 1. The van der Waals surface area contributed by atoms with Crippen molar-refractivity contribution >= 4 is 29.2 Å². The second-order valence-electron chi connectivity index (χ2n) is 9.70.